The normalized spacial score (nSPS) is 8.75. The maximum absolute atomic E-state index is 10.1. The first kappa shape index (κ1) is 8.12. The molecule has 0 heterocycles. The molecule has 1 amide bonds. The fourth-order valence-corrected chi connectivity index (χ4v) is 0.478. The van der Waals surface area contributed by atoms with E-state index in [0.29, 0.717) is 13.2 Å². The molecule has 3 N–H and O–H groups in total. The van der Waals surface area contributed by atoms with Gasteiger partial charge in [0.1, 0.15) is 0 Å². The summed E-state index contributed by atoms with van der Waals surface area (Å²) in [7, 11) is 0. The van der Waals surface area contributed by atoms with Gasteiger partial charge in [0.25, 0.3) is 3.91 Å². The van der Waals surface area contributed by atoms with Crippen molar-refractivity contribution in [2.45, 2.75) is 0 Å². The third-order valence-corrected chi connectivity index (χ3v) is 0.865. The zero-order valence-corrected chi connectivity index (χ0v) is 6.34. The quantitative estimate of drug-likeness (QED) is 0.236. The van der Waals surface area contributed by atoms with Crippen molar-refractivity contribution in [1.82, 2.24) is 5.32 Å². The molecule has 0 saturated heterocycles. The van der Waals surface area contributed by atoms with E-state index in [9.17, 15) is 4.79 Å². The summed E-state index contributed by atoms with van der Waals surface area (Å²) >= 11 is 1.64. The molecule has 0 radical (unpaired) electrons. The van der Waals surface area contributed by atoms with Gasteiger partial charge < -0.3 is 10.2 Å². The number of carbonyl (C=O) groups excluding carboxylic acids is 1. The molecule has 48 valence electrons. The van der Waals surface area contributed by atoms with Crippen molar-refractivity contribution in [3.8, 4) is 0 Å². The van der Waals surface area contributed by atoms with Crippen LogP contribution >= 0.6 is 22.6 Å². The molecule has 0 unspecified atom stereocenters. The van der Waals surface area contributed by atoms with Crippen LogP contribution in [0.3, 0.4) is 0 Å². The molecular weight excluding hydrogens is 223 g/mol. The second kappa shape index (κ2) is 5.26. The Morgan fingerprint density at radius 1 is 1.88 bits per heavy atom. The Balaban J connectivity index is 2.82. The maximum atomic E-state index is 10.1. The summed E-state index contributed by atoms with van der Waals surface area (Å²) in [5.41, 5.74) is 0. The number of carbonyl (C=O) groups is 1. The Labute approximate surface area is 60.8 Å². The third kappa shape index (κ3) is 6.12. The summed E-state index contributed by atoms with van der Waals surface area (Å²) in [4.78, 5) is 14.3. The van der Waals surface area contributed by atoms with Crippen LogP contribution in [0.25, 0.3) is 0 Å². The van der Waals surface area contributed by atoms with E-state index in [-0.39, 0.29) is 3.91 Å². The van der Waals surface area contributed by atoms with Crippen molar-refractivity contribution in [1.29, 1.82) is 0 Å². The van der Waals surface area contributed by atoms with E-state index in [2.05, 4.69) is 16.1 Å². The molecule has 0 aromatic carbocycles. The number of amides is 1. The van der Waals surface area contributed by atoms with E-state index >= 15 is 0 Å². The number of halogens is 1. The zero-order valence-electron chi connectivity index (χ0n) is 4.19. The molecule has 0 aliphatic heterocycles. The molecule has 0 aromatic rings. The van der Waals surface area contributed by atoms with Gasteiger partial charge in [0.2, 0.25) is 0 Å². The fraction of sp³-hybridized carbons (Fsp3) is 0.667. The minimum Gasteiger partial charge on any atom is -0.345 e. The lowest BCUT2D eigenvalue weighted by Gasteiger charge is -1.95. The number of nitrogens with two attached hydrogens (primary N) is 1. The SMILES string of the molecule is NOCCNC(=O)I. The number of hydrogen-bond acceptors (Lipinski definition) is 3. The van der Waals surface area contributed by atoms with Gasteiger partial charge in [0, 0.05) is 29.1 Å². The van der Waals surface area contributed by atoms with Crippen LogP contribution in [0, 0.1) is 0 Å². The molecular formula is C3H7IN2O2. The highest BCUT2D eigenvalue weighted by Gasteiger charge is 1.88. The van der Waals surface area contributed by atoms with Crippen LogP contribution in [0.15, 0.2) is 0 Å². The van der Waals surface area contributed by atoms with Crippen LogP contribution in [0.5, 0.6) is 0 Å². The molecule has 0 spiro atoms. The zero-order chi connectivity index (χ0) is 6.41. The van der Waals surface area contributed by atoms with E-state index in [1.165, 1.54) is 0 Å². The van der Waals surface area contributed by atoms with E-state index in [1.54, 1.807) is 22.6 Å². The summed E-state index contributed by atoms with van der Waals surface area (Å²) in [5.74, 6) is 4.66. The first-order valence-corrected chi connectivity index (χ1v) is 3.10. The highest BCUT2D eigenvalue weighted by molar-refractivity contribution is 14.1. The van der Waals surface area contributed by atoms with Gasteiger partial charge in [0.15, 0.2) is 0 Å². The Kier molecular flexibility index (Phi) is 5.34. The van der Waals surface area contributed by atoms with Gasteiger partial charge in [-0.1, -0.05) is 0 Å². The molecule has 8 heavy (non-hydrogen) atoms. The van der Waals surface area contributed by atoms with Gasteiger partial charge in [-0.15, -0.1) is 0 Å². The largest absolute Gasteiger partial charge is 0.345 e. The van der Waals surface area contributed by atoms with Crippen LogP contribution < -0.4 is 11.2 Å². The third-order valence-electron chi connectivity index (χ3n) is 0.484. The maximum Gasteiger partial charge on any atom is 0.280 e. The predicted octanol–water partition coefficient (Wildman–Crippen LogP) is 0.0213. The van der Waals surface area contributed by atoms with Gasteiger partial charge in [-0.25, -0.2) is 5.90 Å². The van der Waals surface area contributed by atoms with Crippen molar-refractivity contribution >= 4 is 26.5 Å². The average Bonchev–Trinajstić information content (AvgIpc) is 1.66. The van der Waals surface area contributed by atoms with E-state index in [0.717, 1.165) is 0 Å². The van der Waals surface area contributed by atoms with Crippen molar-refractivity contribution in [3.63, 3.8) is 0 Å². The van der Waals surface area contributed by atoms with Crippen LogP contribution in [-0.2, 0) is 4.84 Å². The Morgan fingerprint density at radius 3 is 2.88 bits per heavy atom. The Bertz CT molecular complexity index is 77.7. The van der Waals surface area contributed by atoms with Crippen LogP contribution in [0.2, 0.25) is 0 Å². The van der Waals surface area contributed by atoms with Gasteiger partial charge >= 0.3 is 0 Å². The fourth-order valence-electron chi connectivity index (χ4n) is 0.208. The van der Waals surface area contributed by atoms with Crippen molar-refractivity contribution in [2.24, 2.45) is 5.90 Å². The van der Waals surface area contributed by atoms with Crippen LogP contribution in [-0.4, -0.2) is 17.1 Å². The van der Waals surface area contributed by atoms with Crippen molar-refractivity contribution in [3.05, 3.63) is 0 Å². The number of nitrogens with one attached hydrogen (secondary N) is 1. The molecule has 0 fully saturated rings. The topological polar surface area (TPSA) is 64.3 Å². The summed E-state index contributed by atoms with van der Waals surface area (Å²) in [6.45, 7) is 0.826. The van der Waals surface area contributed by atoms with Crippen molar-refractivity contribution in [2.75, 3.05) is 13.2 Å². The molecule has 0 aliphatic carbocycles. The molecule has 0 bridgehead atoms. The van der Waals surface area contributed by atoms with Crippen LogP contribution in [0.1, 0.15) is 0 Å². The summed E-state index contributed by atoms with van der Waals surface area (Å²) in [6, 6.07) is 0. The van der Waals surface area contributed by atoms with E-state index < -0.39 is 0 Å². The van der Waals surface area contributed by atoms with E-state index in [4.69, 9.17) is 0 Å². The van der Waals surface area contributed by atoms with Gasteiger partial charge in [0.05, 0.1) is 6.61 Å². The second-order valence-corrected chi connectivity index (χ2v) is 2.05. The average molecular weight is 230 g/mol. The highest BCUT2D eigenvalue weighted by atomic mass is 127. The number of rotatable bonds is 3. The molecule has 0 aromatic heterocycles. The highest BCUT2D eigenvalue weighted by Crippen LogP contribution is 1.80. The predicted molar refractivity (Wildman–Crippen MR) is 37.6 cm³/mol. The molecule has 4 nitrogen and oxygen atoms in total. The summed E-state index contributed by atoms with van der Waals surface area (Å²) < 4.78 is -0.0975. The molecule has 5 heteroatoms. The molecule has 0 saturated carbocycles. The standard InChI is InChI=1S/C3H7IN2O2/c4-3(7)6-1-2-8-5/h1-2,5H2,(H,6,7). The lowest BCUT2D eigenvalue weighted by Crippen LogP contribution is -2.22. The van der Waals surface area contributed by atoms with Gasteiger partial charge in [-0.2, -0.15) is 0 Å². The Morgan fingerprint density at radius 2 is 2.50 bits per heavy atom. The lowest BCUT2D eigenvalue weighted by molar-refractivity contribution is 0.141. The smallest absolute Gasteiger partial charge is 0.280 e. The minimum atomic E-state index is -0.0975. The monoisotopic (exact) mass is 230 g/mol. The minimum absolute atomic E-state index is 0.0975. The summed E-state index contributed by atoms with van der Waals surface area (Å²) in [6.07, 6.45) is 0. The molecule has 0 aliphatic rings. The lowest BCUT2D eigenvalue weighted by atomic mass is 10.7. The molecule has 0 atom stereocenters. The van der Waals surface area contributed by atoms with Crippen molar-refractivity contribution < 1.29 is 9.63 Å². The molecule has 0 rings (SSSR count). The van der Waals surface area contributed by atoms with Crippen LogP contribution in [0.4, 0.5) is 4.79 Å². The second-order valence-electron chi connectivity index (χ2n) is 1.07. The Hall–Kier alpha value is 0.120. The van der Waals surface area contributed by atoms with Gasteiger partial charge in [-0.3, -0.25) is 4.79 Å². The number of hydrogen-bond donors (Lipinski definition) is 2. The first-order chi connectivity index (χ1) is 3.77. The first-order valence-electron chi connectivity index (χ1n) is 2.02. The van der Waals surface area contributed by atoms with E-state index in [1.807, 2.05) is 0 Å². The summed E-state index contributed by atoms with van der Waals surface area (Å²) in [5, 5.41) is 2.49. The van der Waals surface area contributed by atoms with Gasteiger partial charge in [-0.05, 0) is 0 Å².